The van der Waals surface area contributed by atoms with Gasteiger partial charge in [0.05, 0.1) is 6.01 Å². The van der Waals surface area contributed by atoms with E-state index < -0.39 is 0 Å². The molecule has 1 aromatic rings. The highest BCUT2D eigenvalue weighted by molar-refractivity contribution is 5.48. The smallest absolute Gasteiger partial charge is 0.0831 e. The average Bonchev–Trinajstić information content (AvgIpc) is 2.30. The lowest BCUT2D eigenvalue weighted by Crippen LogP contribution is -1.91. The Morgan fingerprint density at radius 2 is 1.75 bits per heavy atom. The van der Waals surface area contributed by atoms with Crippen LogP contribution in [-0.4, -0.2) is 24.3 Å². The fraction of sp³-hybridized carbons (Fsp3) is 0.250. The van der Waals surface area contributed by atoms with Gasteiger partial charge in [-0.25, -0.2) is 10.8 Å². The minimum absolute atomic E-state index is 0.250. The Balaban J connectivity index is 0. The summed E-state index contributed by atoms with van der Waals surface area (Å²) in [5, 5.41) is 18.8. The van der Waals surface area contributed by atoms with Crippen molar-refractivity contribution in [2.75, 3.05) is 13.2 Å². The summed E-state index contributed by atoms with van der Waals surface area (Å²) in [4.78, 5) is 0. The molecule has 1 aromatic carbocycles. The van der Waals surface area contributed by atoms with Crippen LogP contribution in [0.2, 0.25) is 0 Å². The maximum Gasteiger partial charge on any atom is 0.0831 e. The lowest BCUT2D eigenvalue weighted by Gasteiger charge is -1.88. The first-order valence-corrected chi connectivity index (χ1v) is 4.87. The van der Waals surface area contributed by atoms with Gasteiger partial charge in [-0.15, -0.1) is 0 Å². The van der Waals surface area contributed by atoms with Gasteiger partial charge < -0.3 is 10.8 Å². The molecule has 1 rings (SSSR count). The Labute approximate surface area is 96.4 Å². The number of aliphatic hydroxyl groups excluding tert-OH is 1. The molecule has 4 heteroatoms. The van der Waals surface area contributed by atoms with Crippen molar-refractivity contribution in [2.24, 2.45) is 5.73 Å². The summed E-state index contributed by atoms with van der Waals surface area (Å²) >= 11 is 0. The molecule has 0 unspecified atom stereocenters. The van der Waals surface area contributed by atoms with Gasteiger partial charge in [0.1, 0.15) is 0 Å². The van der Waals surface area contributed by atoms with Crippen molar-refractivity contribution in [2.45, 2.75) is 6.92 Å². The lowest BCUT2D eigenvalue weighted by atomic mass is 10.2. The Kier molecular flexibility index (Phi) is 16.4. The zero-order valence-corrected chi connectivity index (χ0v) is 9.48. The van der Waals surface area contributed by atoms with Crippen LogP contribution >= 0.6 is 0 Å². The van der Waals surface area contributed by atoms with Crippen molar-refractivity contribution in [1.29, 1.82) is 10.8 Å². The van der Waals surface area contributed by atoms with E-state index in [9.17, 15) is 0 Å². The summed E-state index contributed by atoms with van der Waals surface area (Å²) in [6.45, 7) is 2.54. The second-order valence-electron chi connectivity index (χ2n) is 2.49. The number of nitrogens with one attached hydrogen (secondary N) is 2. The molecule has 0 bridgehead atoms. The first kappa shape index (κ1) is 16.7. The van der Waals surface area contributed by atoms with Crippen LogP contribution in [0.5, 0.6) is 0 Å². The van der Waals surface area contributed by atoms with Gasteiger partial charge in [-0.2, -0.15) is 0 Å². The molecule has 0 spiro atoms. The minimum atomic E-state index is 0.250. The van der Waals surface area contributed by atoms with Crippen molar-refractivity contribution in [1.82, 2.24) is 0 Å². The quantitative estimate of drug-likeness (QED) is 0.575. The van der Waals surface area contributed by atoms with E-state index in [2.05, 4.69) is 0 Å². The zero-order valence-electron chi connectivity index (χ0n) is 9.48. The molecular weight excluding hydrogens is 202 g/mol. The van der Waals surface area contributed by atoms with Crippen LogP contribution in [0.15, 0.2) is 36.4 Å². The van der Waals surface area contributed by atoms with Gasteiger partial charge in [0.25, 0.3) is 0 Å². The molecule has 0 amide bonds. The van der Waals surface area contributed by atoms with Crippen LogP contribution in [0.4, 0.5) is 0 Å². The number of rotatable bonds is 2. The highest BCUT2D eigenvalue weighted by atomic mass is 16.2. The number of aliphatic hydroxyl groups is 1. The summed E-state index contributed by atoms with van der Waals surface area (Å²) in [6.07, 6.45) is 3.95. The number of hydrogen-bond acceptors (Lipinski definition) is 4. The van der Waals surface area contributed by atoms with E-state index in [0.717, 1.165) is 0 Å². The molecule has 0 aromatic heterocycles. The molecule has 88 valence electrons. The molecule has 0 saturated carbocycles. The molecule has 16 heavy (non-hydrogen) atoms. The van der Waals surface area contributed by atoms with Crippen LogP contribution in [0.1, 0.15) is 12.5 Å². The molecule has 0 fully saturated rings. The van der Waals surface area contributed by atoms with Crippen molar-refractivity contribution in [3.63, 3.8) is 0 Å². The average molecular weight is 221 g/mol. The van der Waals surface area contributed by atoms with Crippen LogP contribution in [-0.2, 0) is 0 Å². The molecule has 0 aliphatic rings. The summed E-state index contributed by atoms with van der Waals surface area (Å²) in [5.41, 5.74) is 6.49. The first-order chi connectivity index (χ1) is 7.76. The van der Waals surface area contributed by atoms with Crippen LogP contribution in [0.3, 0.4) is 0 Å². The normalized spacial score (nSPS) is 8.19. The van der Waals surface area contributed by atoms with Gasteiger partial charge in [0, 0.05) is 13.2 Å². The third kappa shape index (κ3) is 14.8. The van der Waals surface area contributed by atoms with Gasteiger partial charge in [-0.1, -0.05) is 42.5 Å². The Morgan fingerprint density at radius 3 is 2.12 bits per heavy atom. The number of nitrogens with two attached hydrogens (primary N) is 1. The third-order valence-electron chi connectivity index (χ3n) is 1.25. The maximum atomic E-state index is 7.57. The van der Waals surface area contributed by atoms with E-state index in [1.54, 1.807) is 6.92 Å². The highest BCUT2D eigenvalue weighted by Crippen LogP contribution is 1.99. The summed E-state index contributed by atoms with van der Waals surface area (Å²) in [5.74, 6) is 0. The van der Waals surface area contributed by atoms with Crippen LogP contribution in [0, 0.1) is 10.8 Å². The molecule has 0 aliphatic heterocycles. The topological polar surface area (TPSA) is 94.0 Å². The summed E-state index contributed by atoms with van der Waals surface area (Å²) in [6, 6.07) is 11.4. The molecule has 0 heterocycles. The Morgan fingerprint density at radius 1 is 1.31 bits per heavy atom. The van der Waals surface area contributed by atoms with E-state index in [0.29, 0.717) is 6.54 Å². The fourth-order valence-corrected chi connectivity index (χ4v) is 0.768. The Hall–Kier alpha value is -1.74. The second kappa shape index (κ2) is 15.7. The zero-order chi connectivity index (χ0) is 12.6. The summed E-state index contributed by atoms with van der Waals surface area (Å²) in [7, 11) is 0. The van der Waals surface area contributed by atoms with Gasteiger partial charge in [-0.05, 0) is 12.5 Å². The van der Waals surface area contributed by atoms with Crippen LogP contribution in [0.25, 0.3) is 6.08 Å². The largest absolute Gasteiger partial charge is 0.397 e. The van der Waals surface area contributed by atoms with Crippen molar-refractivity contribution < 1.29 is 5.11 Å². The number of benzene rings is 1. The fourth-order valence-electron chi connectivity index (χ4n) is 0.768. The van der Waals surface area contributed by atoms with Gasteiger partial charge >= 0.3 is 0 Å². The maximum absolute atomic E-state index is 7.57. The van der Waals surface area contributed by atoms with E-state index in [4.69, 9.17) is 21.7 Å². The molecule has 0 radical (unpaired) electrons. The molecule has 0 aliphatic carbocycles. The standard InChI is InChI=1S/C9H11N.C2H6O.CH2N2/c10-8-4-7-9-5-2-1-3-6-9;1-2-3;2-1-3/h1-7H,8,10H2;3H,2H2,1H3;2-3H. The molecule has 5 N–H and O–H groups in total. The molecule has 0 atom stereocenters. The van der Waals surface area contributed by atoms with Crippen molar-refractivity contribution in [3.05, 3.63) is 42.0 Å². The van der Waals surface area contributed by atoms with E-state index in [1.807, 2.05) is 42.5 Å². The second-order valence-corrected chi connectivity index (χ2v) is 2.49. The van der Waals surface area contributed by atoms with E-state index in [1.165, 1.54) is 11.6 Å². The van der Waals surface area contributed by atoms with Crippen molar-refractivity contribution in [3.8, 4) is 0 Å². The monoisotopic (exact) mass is 221 g/mol. The van der Waals surface area contributed by atoms with Crippen LogP contribution < -0.4 is 5.73 Å². The third-order valence-corrected chi connectivity index (χ3v) is 1.25. The number of hydrogen-bond donors (Lipinski definition) is 4. The van der Waals surface area contributed by atoms with Gasteiger partial charge in [0.15, 0.2) is 0 Å². The molecule has 4 nitrogen and oxygen atoms in total. The summed E-state index contributed by atoms with van der Waals surface area (Å²) < 4.78 is 0. The Bertz CT molecular complexity index is 290. The van der Waals surface area contributed by atoms with E-state index >= 15 is 0 Å². The SMILES string of the molecule is CCO.N=C=N.NCC=Cc1ccccc1. The minimum Gasteiger partial charge on any atom is -0.397 e. The van der Waals surface area contributed by atoms with Crippen molar-refractivity contribution >= 4 is 12.1 Å². The lowest BCUT2D eigenvalue weighted by molar-refractivity contribution is 0.318. The van der Waals surface area contributed by atoms with Gasteiger partial charge in [-0.3, -0.25) is 0 Å². The predicted octanol–water partition coefficient (Wildman–Crippen LogP) is 1.97. The van der Waals surface area contributed by atoms with Gasteiger partial charge in [0.2, 0.25) is 0 Å². The molecular formula is C12H19N3O. The first-order valence-electron chi connectivity index (χ1n) is 4.87. The highest BCUT2D eigenvalue weighted by Gasteiger charge is 1.79. The molecule has 0 saturated heterocycles. The van der Waals surface area contributed by atoms with E-state index in [-0.39, 0.29) is 6.61 Å². The predicted molar refractivity (Wildman–Crippen MR) is 67.7 cm³/mol.